The van der Waals surface area contributed by atoms with Crippen LogP contribution in [0.4, 0.5) is 17.5 Å². The highest BCUT2D eigenvalue weighted by atomic mass is 32.2. The van der Waals surface area contributed by atoms with Crippen LogP contribution in [-0.2, 0) is 23.1 Å². The van der Waals surface area contributed by atoms with E-state index in [1.54, 1.807) is 6.07 Å². The number of nitrogens with one attached hydrogen (secondary N) is 2. The number of carbonyl (C=O) groups is 1. The number of rotatable bonds is 3. The molecule has 40 heavy (non-hydrogen) atoms. The van der Waals surface area contributed by atoms with Crippen molar-refractivity contribution >= 4 is 33.5 Å². The summed E-state index contributed by atoms with van der Waals surface area (Å²) >= 11 is 0. The van der Waals surface area contributed by atoms with Gasteiger partial charge in [-0.15, -0.1) is 9.83 Å². The molecule has 0 aliphatic carbocycles. The van der Waals surface area contributed by atoms with Crippen LogP contribution in [0.5, 0.6) is 0 Å². The fourth-order valence-electron chi connectivity index (χ4n) is 4.12. The van der Waals surface area contributed by atoms with Gasteiger partial charge in [0.15, 0.2) is 5.82 Å². The number of nitrogens with two attached hydrogens (primary N) is 2. The van der Waals surface area contributed by atoms with Crippen LogP contribution in [0.25, 0.3) is 0 Å². The van der Waals surface area contributed by atoms with E-state index in [2.05, 4.69) is 25.5 Å². The van der Waals surface area contributed by atoms with Crippen LogP contribution in [0.15, 0.2) is 42.5 Å². The maximum absolute atomic E-state index is 12.4. The molecular formula is C24H34N10O5S. The van der Waals surface area contributed by atoms with Crippen LogP contribution in [-0.4, -0.2) is 74.8 Å². The van der Waals surface area contributed by atoms with Gasteiger partial charge >= 0.3 is 0 Å². The molecule has 4 heterocycles. The Bertz CT molecular complexity index is 1450. The third-order valence-corrected chi connectivity index (χ3v) is 6.02. The first-order chi connectivity index (χ1) is 19.0. The zero-order chi connectivity index (χ0) is 29.3. The second kappa shape index (κ2) is 13.7. The number of nitrogens with zero attached hydrogens (tertiary/aromatic N) is 6. The molecule has 16 heteroatoms. The Morgan fingerprint density at radius 3 is 2.33 bits per heavy atom. The van der Waals surface area contributed by atoms with Gasteiger partial charge in [0.05, 0.1) is 11.9 Å². The van der Waals surface area contributed by atoms with Gasteiger partial charge in [0.2, 0.25) is 0 Å². The molecule has 2 aromatic heterocycles. The minimum atomic E-state index is -3.67. The van der Waals surface area contributed by atoms with Crippen molar-refractivity contribution in [2.75, 3.05) is 41.9 Å². The molecule has 1 aromatic carbocycles. The Hall–Kier alpha value is -4.28. The molecule has 0 saturated carbocycles. The predicted octanol–water partition coefficient (Wildman–Crippen LogP) is 0.637. The summed E-state index contributed by atoms with van der Waals surface area (Å²) in [6, 6.07) is 12.7. The molecule has 3 aromatic rings. The van der Waals surface area contributed by atoms with Gasteiger partial charge in [-0.05, 0) is 43.0 Å². The van der Waals surface area contributed by atoms with Gasteiger partial charge in [0.25, 0.3) is 21.6 Å². The highest BCUT2D eigenvalue weighted by Crippen LogP contribution is 2.20. The normalized spacial score (nSPS) is 14.6. The fourth-order valence-corrected chi connectivity index (χ4v) is 4.12. The lowest BCUT2D eigenvalue weighted by molar-refractivity contribution is 0.0733. The van der Waals surface area contributed by atoms with Crippen LogP contribution in [0, 0.1) is 5.41 Å². The van der Waals surface area contributed by atoms with E-state index in [1.165, 1.54) is 6.42 Å². The lowest BCUT2D eigenvalue weighted by Crippen LogP contribution is -2.36. The average molecular weight is 575 g/mol. The number of hydrazine groups is 1. The summed E-state index contributed by atoms with van der Waals surface area (Å²) in [5.41, 5.74) is 10.4. The number of amides is 1. The molecule has 0 unspecified atom stereocenters. The monoisotopic (exact) mass is 574 g/mol. The molecule has 1 amide bonds. The number of piperidine rings is 1. The Morgan fingerprint density at radius 1 is 1.07 bits per heavy atom. The van der Waals surface area contributed by atoms with E-state index in [9.17, 15) is 18.4 Å². The predicted molar refractivity (Wildman–Crippen MR) is 148 cm³/mol. The highest BCUT2D eigenvalue weighted by molar-refractivity contribution is 7.85. The number of hydrogen-bond donors (Lipinski definition) is 6. The summed E-state index contributed by atoms with van der Waals surface area (Å²) in [6.07, 6.45) is 4.96. The molecule has 5 rings (SSSR count). The van der Waals surface area contributed by atoms with Gasteiger partial charge in [-0.3, -0.25) is 14.8 Å². The summed E-state index contributed by atoms with van der Waals surface area (Å²) in [5, 5.41) is 24.7. The van der Waals surface area contributed by atoms with Gasteiger partial charge in [0.1, 0.15) is 11.6 Å². The lowest BCUT2D eigenvalue weighted by atomic mass is 10.1. The minimum absolute atomic E-state index is 0.0373. The van der Waals surface area contributed by atoms with E-state index in [1.807, 2.05) is 41.3 Å². The molecule has 0 spiro atoms. The average Bonchev–Trinajstić information content (AvgIpc) is 2.95. The fraction of sp³-hybridized carbons (Fsp3) is 0.375. The molecule has 0 radical (unpaired) electrons. The number of anilines is 3. The first-order valence-electron chi connectivity index (χ1n) is 12.4. The third kappa shape index (κ3) is 8.89. The first kappa shape index (κ1) is 30.3. The number of aromatic nitrogens is 4. The smallest absolute Gasteiger partial charge is 0.261 e. The topological polar surface area (TPSA) is 230 Å². The van der Waals surface area contributed by atoms with E-state index < -0.39 is 10.1 Å². The van der Waals surface area contributed by atoms with E-state index in [0.29, 0.717) is 47.7 Å². The Morgan fingerprint density at radius 2 is 1.73 bits per heavy atom. The van der Waals surface area contributed by atoms with Crippen LogP contribution in [0.3, 0.4) is 0 Å². The number of nitrogen functional groups attached to an aromatic ring is 2. The second-order valence-electron chi connectivity index (χ2n) is 9.14. The van der Waals surface area contributed by atoms with Crippen molar-refractivity contribution in [3.05, 3.63) is 64.9 Å². The zero-order valence-electron chi connectivity index (χ0n) is 22.1. The van der Waals surface area contributed by atoms with E-state index >= 15 is 0 Å². The Kier molecular flexibility index (Phi) is 10.4. The highest BCUT2D eigenvalue weighted by Gasteiger charge is 2.23. The molecule has 15 nitrogen and oxygen atoms in total. The van der Waals surface area contributed by atoms with E-state index in [0.717, 1.165) is 37.2 Å². The molecule has 0 atom stereocenters. The molecule has 8 N–H and O–H groups in total. The van der Waals surface area contributed by atoms with Crippen molar-refractivity contribution in [1.29, 1.82) is 5.41 Å². The maximum Gasteiger partial charge on any atom is 0.261 e. The second-order valence-corrected chi connectivity index (χ2v) is 10.6. The number of carbonyl (C=O) groups excluding carboxylic acids is 1. The van der Waals surface area contributed by atoms with Gasteiger partial charge in [-0.2, -0.15) is 18.5 Å². The third-order valence-electron chi connectivity index (χ3n) is 6.02. The van der Waals surface area contributed by atoms with Crippen LogP contribution < -0.4 is 27.5 Å². The van der Waals surface area contributed by atoms with Crippen molar-refractivity contribution in [3.8, 4) is 0 Å². The standard InChI is InChI=1S/C14H15N5O.C9H15N5O.CH4O3S/c15-16-13-8-11-9-19(7-6-12(11)17-18-13)14(20)10-4-2-1-3-5-10;10-7-6-8(12-9(11)14(7)15)13-4-2-1-3-5-13;1-5(2,3)4/h1-5,8H,6-7,9,15H2,(H,16,18);6,11,15H,1-5,10H2;1H3,(H,2,3,4). The van der Waals surface area contributed by atoms with Crippen molar-refractivity contribution in [3.63, 3.8) is 0 Å². The molecule has 2 aliphatic heterocycles. The summed E-state index contributed by atoms with van der Waals surface area (Å²) in [5.74, 6) is 6.72. The molecule has 0 bridgehead atoms. The first-order valence-corrected chi connectivity index (χ1v) is 14.3. The number of hydrogen-bond acceptors (Lipinski definition) is 12. The largest absolute Gasteiger partial charge is 0.423 e. The van der Waals surface area contributed by atoms with Crippen LogP contribution in [0.2, 0.25) is 0 Å². The summed E-state index contributed by atoms with van der Waals surface area (Å²) < 4.78 is 26.4. The number of fused-ring (bicyclic) bond motifs is 1. The van der Waals surface area contributed by atoms with Crippen molar-refractivity contribution in [2.45, 2.75) is 32.2 Å². The summed E-state index contributed by atoms with van der Waals surface area (Å²) in [6.45, 7) is 3.08. The lowest BCUT2D eigenvalue weighted by Gasteiger charge is -2.28. The number of benzene rings is 1. The van der Waals surface area contributed by atoms with Gasteiger partial charge in [-0.1, -0.05) is 18.2 Å². The summed E-state index contributed by atoms with van der Waals surface area (Å²) in [7, 11) is -3.67. The SMILES string of the molecule is CS(=O)(=O)O.N=c1nc(N2CCCCC2)cc(N)n1O.NNc1cc2c(nn1)CCN(C(=O)c1ccccc1)C2. The molecular weight excluding hydrogens is 540 g/mol. The van der Waals surface area contributed by atoms with E-state index in [4.69, 9.17) is 21.5 Å². The van der Waals surface area contributed by atoms with Crippen molar-refractivity contribution in [1.82, 2.24) is 24.8 Å². The van der Waals surface area contributed by atoms with Crippen LogP contribution >= 0.6 is 0 Å². The van der Waals surface area contributed by atoms with Crippen LogP contribution in [0.1, 0.15) is 40.9 Å². The van der Waals surface area contributed by atoms with E-state index in [-0.39, 0.29) is 17.3 Å². The van der Waals surface area contributed by atoms with Gasteiger partial charge in [-0.25, -0.2) is 5.84 Å². The molecule has 1 saturated heterocycles. The van der Waals surface area contributed by atoms with Gasteiger partial charge in [0, 0.05) is 44.2 Å². The molecule has 216 valence electrons. The molecule has 1 fully saturated rings. The zero-order valence-corrected chi connectivity index (χ0v) is 22.9. The van der Waals surface area contributed by atoms with Gasteiger partial charge < -0.3 is 26.2 Å². The molecule has 2 aliphatic rings. The maximum atomic E-state index is 12.4. The summed E-state index contributed by atoms with van der Waals surface area (Å²) in [4.78, 5) is 20.3. The Balaban J connectivity index is 0.000000195. The minimum Gasteiger partial charge on any atom is -0.423 e. The Labute approximate surface area is 231 Å². The van der Waals surface area contributed by atoms with Crippen molar-refractivity contribution < 1.29 is 23.0 Å². The quantitative estimate of drug-likeness (QED) is 0.109. The van der Waals surface area contributed by atoms with Crippen molar-refractivity contribution in [2.24, 2.45) is 5.84 Å².